The molecule has 0 aromatic carbocycles. The van der Waals surface area contributed by atoms with Gasteiger partial charge in [-0.15, -0.1) is 0 Å². The molecule has 3 heterocycles. The third-order valence-electron chi connectivity index (χ3n) is 4.27. The van der Waals surface area contributed by atoms with Crippen LogP contribution in [0.5, 0.6) is 0 Å². The van der Waals surface area contributed by atoms with E-state index < -0.39 is 0 Å². The molecule has 3 atom stereocenters. The number of nitrogens with zero attached hydrogens (tertiary/aromatic N) is 4. The van der Waals surface area contributed by atoms with Gasteiger partial charge in [0.15, 0.2) is 0 Å². The standard InChI is InChI=1S/C18H25N5O2/c1-13-9-22(10-14(2)25-13)18(24)12-23-11-17(8-20-23)21-15(3)16-5-4-6-19-7-16/h4-8,11,13-15,21H,9-10,12H2,1-3H3/t13-,14-,15+/m1/s1. The molecule has 7 nitrogen and oxygen atoms in total. The summed E-state index contributed by atoms with van der Waals surface area (Å²) in [4.78, 5) is 18.5. The Morgan fingerprint density at radius 1 is 1.36 bits per heavy atom. The van der Waals surface area contributed by atoms with Crippen molar-refractivity contribution in [2.24, 2.45) is 0 Å². The summed E-state index contributed by atoms with van der Waals surface area (Å²) in [5, 5.41) is 7.67. The highest BCUT2D eigenvalue weighted by Crippen LogP contribution is 2.18. The number of amides is 1. The van der Waals surface area contributed by atoms with E-state index in [1.165, 1.54) is 0 Å². The molecule has 2 aromatic heterocycles. The lowest BCUT2D eigenvalue weighted by Gasteiger charge is -2.35. The topological polar surface area (TPSA) is 72.3 Å². The Hall–Kier alpha value is -2.41. The number of carbonyl (C=O) groups is 1. The molecule has 25 heavy (non-hydrogen) atoms. The van der Waals surface area contributed by atoms with Crippen molar-refractivity contribution in [1.82, 2.24) is 19.7 Å². The average molecular weight is 343 g/mol. The second-order valence-electron chi connectivity index (χ2n) is 6.64. The highest BCUT2D eigenvalue weighted by Gasteiger charge is 2.26. The minimum absolute atomic E-state index is 0.0666. The molecule has 1 aliphatic heterocycles. The number of hydrogen-bond donors (Lipinski definition) is 1. The van der Waals surface area contributed by atoms with Crippen LogP contribution in [-0.2, 0) is 16.1 Å². The third-order valence-corrected chi connectivity index (χ3v) is 4.27. The van der Waals surface area contributed by atoms with E-state index in [-0.39, 0.29) is 30.7 Å². The summed E-state index contributed by atoms with van der Waals surface area (Å²) in [7, 11) is 0. The van der Waals surface area contributed by atoms with E-state index in [4.69, 9.17) is 4.74 Å². The number of morpholine rings is 1. The first kappa shape index (κ1) is 17.4. The normalized spacial score (nSPS) is 21.8. The van der Waals surface area contributed by atoms with Gasteiger partial charge in [0.1, 0.15) is 6.54 Å². The number of ether oxygens (including phenoxy) is 1. The van der Waals surface area contributed by atoms with Crippen LogP contribution in [0.25, 0.3) is 0 Å². The van der Waals surface area contributed by atoms with Gasteiger partial charge in [-0.05, 0) is 32.4 Å². The lowest BCUT2D eigenvalue weighted by Crippen LogP contribution is -2.49. The zero-order valence-corrected chi connectivity index (χ0v) is 14.9. The summed E-state index contributed by atoms with van der Waals surface area (Å²) in [6.45, 7) is 7.55. The number of nitrogens with one attached hydrogen (secondary N) is 1. The molecular formula is C18H25N5O2. The van der Waals surface area contributed by atoms with Crippen molar-refractivity contribution in [3.05, 3.63) is 42.5 Å². The zero-order chi connectivity index (χ0) is 17.8. The molecule has 2 aromatic rings. The maximum atomic E-state index is 12.5. The van der Waals surface area contributed by atoms with Crippen LogP contribution in [0.1, 0.15) is 32.4 Å². The van der Waals surface area contributed by atoms with Crippen molar-refractivity contribution in [2.75, 3.05) is 18.4 Å². The van der Waals surface area contributed by atoms with Gasteiger partial charge in [0, 0.05) is 31.7 Å². The number of carbonyl (C=O) groups excluding carboxylic acids is 1. The van der Waals surface area contributed by atoms with Gasteiger partial charge >= 0.3 is 0 Å². The van der Waals surface area contributed by atoms with Crippen molar-refractivity contribution in [3.8, 4) is 0 Å². The first-order valence-electron chi connectivity index (χ1n) is 8.63. The van der Waals surface area contributed by atoms with E-state index >= 15 is 0 Å². The molecule has 0 unspecified atom stereocenters. The maximum absolute atomic E-state index is 12.5. The van der Waals surface area contributed by atoms with E-state index in [1.54, 1.807) is 17.1 Å². The number of pyridine rings is 1. The molecule has 3 rings (SSSR count). The lowest BCUT2D eigenvalue weighted by atomic mass is 10.1. The van der Waals surface area contributed by atoms with E-state index in [2.05, 4.69) is 22.3 Å². The van der Waals surface area contributed by atoms with Crippen molar-refractivity contribution in [1.29, 1.82) is 0 Å². The average Bonchev–Trinajstić information content (AvgIpc) is 3.01. The lowest BCUT2D eigenvalue weighted by molar-refractivity contribution is -0.144. The summed E-state index contributed by atoms with van der Waals surface area (Å²) in [5.41, 5.74) is 1.98. The second-order valence-corrected chi connectivity index (χ2v) is 6.64. The predicted octanol–water partition coefficient (Wildman–Crippen LogP) is 2.09. The Bertz CT molecular complexity index is 693. The Kier molecular flexibility index (Phi) is 5.33. The van der Waals surface area contributed by atoms with E-state index in [9.17, 15) is 4.79 Å². The maximum Gasteiger partial charge on any atom is 0.244 e. The van der Waals surface area contributed by atoms with Gasteiger partial charge in [-0.2, -0.15) is 5.10 Å². The summed E-state index contributed by atoms with van der Waals surface area (Å²) in [6.07, 6.45) is 7.34. The molecule has 7 heteroatoms. The molecule has 0 radical (unpaired) electrons. The van der Waals surface area contributed by atoms with Gasteiger partial charge < -0.3 is 15.0 Å². The monoisotopic (exact) mass is 343 g/mol. The molecule has 0 bridgehead atoms. The molecule has 1 amide bonds. The molecule has 0 spiro atoms. The molecule has 0 saturated carbocycles. The highest BCUT2D eigenvalue weighted by molar-refractivity contribution is 5.76. The van der Waals surface area contributed by atoms with Crippen molar-refractivity contribution in [2.45, 2.75) is 45.6 Å². The van der Waals surface area contributed by atoms with Crippen LogP contribution >= 0.6 is 0 Å². The fraction of sp³-hybridized carbons (Fsp3) is 0.500. The molecule has 1 saturated heterocycles. The van der Waals surface area contributed by atoms with Crippen molar-refractivity contribution >= 4 is 11.6 Å². The molecule has 0 aliphatic carbocycles. The Balaban J connectivity index is 1.57. The van der Waals surface area contributed by atoms with Crippen LogP contribution in [0.15, 0.2) is 36.9 Å². The first-order chi connectivity index (χ1) is 12.0. The summed E-state index contributed by atoms with van der Waals surface area (Å²) in [6, 6.07) is 4.06. The molecule has 1 N–H and O–H groups in total. The second kappa shape index (κ2) is 7.65. The fourth-order valence-electron chi connectivity index (χ4n) is 3.11. The number of hydrogen-bond acceptors (Lipinski definition) is 5. The van der Waals surface area contributed by atoms with Crippen LogP contribution in [0, 0.1) is 0 Å². The quantitative estimate of drug-likeness (QED) is 0.900. The van der Waals surface area contributed by atoms with Gasteiger partial charge in [0.2, 0.25) is 5.91 Å². The van der Waals surface area contributed by atoms with Crippen LogP contribution in [0.4, 0.5) is 5.69 Å². The minimum atomic E-state index is 0.0666. The first-order valence-corrected chi connectivity index (χ1v) is 8.63. The summed E-state index contributed by atoms with van der Waals surface area (Å²) in [5.74, 6) is 0.0666. The van der Waals surface area contributed by atoms with Crippen LogP contribution in [0.3, 0.4) is 0 Å². The Morgan fingerprint density at radius 2 is 2.12 bits per heavy atom. The van der Waals surface area contributed by atoms with Gasteiger partial charge in [-0.1, -0.05) is 6.07 Å². The zero-order valence-electron chi connectivity index (χ0n) is 14.9. The van der Waals surface area contributed by atoms with E-state index in [0.717, 1.165) is 11.3 Å². The Morgan fingerprint density at radius 3 is 2.80 bits per heavy atom. The minimum Gasteiger partial charge on any atom is -0.376 e. The van der Waals surface area contributed by atoms with Gasteiger partial charge in [0.25, 0.3) is 0 Å². The number of aromatic nitrogens is 3. The van der Waals surface area contributed by atoms with Gasteiger partial charge in [-0.25, -0.2) is 0 Å². The van der Waals surface area contributed by atoms with Crippen molar-refractivity contribution < 1.29 is 9.53 Å². The van der Waals surface area contributed by atoms with Gasteiger partial charge in [0.05, 0.1) is 30.1 Å². The summed E-state index contributed by atoms with van der Waals surface area (Å²) >= 11 is 0. The van der Waals surface area contributed by atoms with E-state index in [1.807, 2.05) is 43.3 Å². The fourth-order valence-corrected chi connectivity index (χ4v) is 3.11. The molecule has 1 aliphatic rings. The van der Waals surface area contributed by atoms with Crippen molar-refractivity contribution in [3.63, 3.8) is 0 Å². The SMILES string of the molecule is C[C@@H]1CN(C(=O)Cn2cc(N[C@@H](C)c3cccnc3)cn2)C[C@@H](C)O1. The highest BCUT2D eigenvalue weighted by atomic mass is 16.5. The van der Waals surface area contributed by atoms with Crippen LogP contribution in [0.2, 0.25) is 0 Å². The molecule has 1 fully saturated rings. The molecule has 134 valence electrons. The predicted molar refractivity (Wildman–Crippen MR) is 95.1 cm³/mol. The molecular weight excluding hydrogens is 318 g/mol. The van der Waals surface area contributed by atoms with Crippen LogP contribution < -0.4 is 5.32 Å². The smallest absolute Gasteiger partial charge is 0.244 e. The number of anilines is 1. The van der Waals surface area contributed by atoms with Gasteiger partial charge in [-0.3, -0.25) is 14.5 Å². The number of rotatable bonds is 5. The summed E-state index contributed by atoms with van der Waals surface area (Å²) < 4.78 is 7.35. The van der Waals surface area contributed by atoms with Crippen LogP contribution in [-0.4, -0.2) is 50.9 Å². The third kappa shape index (κ3) is 4.57. The Labute approximate surface area is 148 Å². The largest absolute Gasteiger partial charge is 0.376 e. The van der Waals surface area contributed by atoms with E-state index in [0.29, 0.717) is 13.1 Å².